The van der Waals surface area contributed by atoms with Crippen molar-refractivity contribution in [2.24, 2.45) is 0 Å². The minimum Gasteiger partial charge on any atom is -0.497 e. The van der Waals surface area contributed by atoms with E-state index in [9.17, 15) is 14.7 Å². The van der Waals surface area contributed by atoms with E-state index in [2.05, 4.69) is 20.6 Å². The molecule has 0 bridgehead atoms. The van der Waals surface area contributed by atoms with Gasteiger partial charge in [0.2, 0.25) is 5.91 Å². The monoisotopic (exact) mass is 484 g/mol. The van der Waals surface area contributed by atoms with E-state index in [4.69, 9.17) is 21.1 Å². The van der Waals surface area contributed by atoms with Crippen LogP contribution in [0.3, 0.4) is 0 Å². The first-order chi connectivity index (χ1) is 16.2. The number of aliphatic hydroxyl groups is 1. The number of benzene rings is 2. The van der Waals surface area contributed by atoms with Crippen molar-refractivity contribution in [2.75, 3.05) is 7.11 Å². The molecule has 34 heavy (non-hydrogen) atoms. The smallest absolute Gasteiger partial charge is 0.255 e. The zero-order valence-electron chi connectivity index (χ0n) is 18.9. The average Bonchev–Trinajstić information content (AvgIpc) is 2.82. The van der Waals surface area contributed by atoms with Crippen molar-refractivity contribution in [3.63, 3.8) is 0 Å². The number of aromatic nitrogens is 2. The quantitative estimate of drug-likeness (QED) is 0.426. The van der Waals surface area contributed by atoms with E-state index in [1.807, 2.05) is 0 Å². The van der Waals surface area contributed by atoms with E-state index in [1.54, 1.807) is 49.6 Å². The highest BCUT2D eigenvalue weighted by Gasteiger charge is 2.35. The van der Waals surface area contributed by atoms with E-state index < -0.39 is 23.5 Å². The minimum atomic E-state index is -1.51. The summed E-state index contributed by atoms with van der Waals surface area (Å²) in [5, 5.41) is 16.1. The molecule has 0 spiro atoms. The van der Waals surface area contributed by atoms with Gasteiger partial charge in [-0.05, 0) is 43.7 Å². The summed E-state index contributed by atoms with van der Waals surface area (Å²) in [7, 11) is 1.56. The van der Waals surface area contributed by atoms with Gasteiger partial charge in [0.25, 0.3) is 5.91 Å². The number of hydrogen-bond acceptors (Lipinski definition) is 7. The standard InChI is InChI=1S/C24H25ClN4O5/c1-24(2,32)21(29-22(30)16-12-26-14-27-13-16)23(31)28-11-15-4-6-17(7-5-15)34-20-9-8-18(33-3)10-19(20)25/h4-10,12-14,21,32H,11H2,1-3H3,(H,28,31)(H,29,30)/t21-/m1/s1. The van der Waals surface area contributed by atoms with Gasteiger partial charge in [0.15, 0.2) is 0 Å². The molecule has 0 saturated carbocycles. The molecule has 178 valence electrons. The van der Waals surface area contributed by atoms with E-state index >= 15 is 0 Å². The second kappa shape index (κ2) is 11.0. The molecule has 3 N–H and O–H groups in total. The molecule has 3 rings (SSSR count). The molecule has 2 amide bonds. The summed E-state index contributed by atoms with van der Waals surface area (Å²) < 4.78 is 10.9. The number of carbonyl (C=O) groups is 2. The molecular formula is C24H25ClN4O5. The van der Waals surface area contributed by atoms with Gasteiger partial charge in [-0.2, -0.15) is 0 Å². The third-order valence-corrected chi connectivity index (χ3v) is 5.12. The molecule has 1 atom stereocenters. The van der Waals surface area contributed by atoms with Crippen LogP contribution >= 0.6 is 11.6 Å². The van der Waals surface area contributed by atoms with Gasteiger partial charge >= 0.3 is 0 Å². The molecule has 0 aliphatic rings. The first-order valence-corrected chi connectivity index (χ1v) is 10.7. The third kappa shape index (κ3) is 6.66. The fraction of sp³-hybridized carbons (Fsp3) is 0.250. The summed E-state index contributed by atoms with van der Waals surface area (Å²) in [6.45, 7) is 3.06. The van der Waals surface area contributed by atoms with Gasteiger partial charge in [0.1, 0.15) is 29.6 Å². The van der Waals surface area contributed by atoms with Gasteiger partial charge in [0, 0.05) is 25.0 Å². The minimum absolute atomic E-state index is 0.178. The summed E-state index contributed by atoms with van der Waals surface area (Å²) in [4.78, 5) is 32.7. The van der Waals surface area contributed by atoms with Crippen LogP contribution in [-0.2, 0) is 11.3 Å². The molecular weight excluding hydrogens is 460 g/mol. The maximum absolute atomic E-state index is 12.8. The molecule has 0 aliphatic heterocycles. The van der Waals surface area contributed by atoms with Crippen molar-refractivity contribution in [1.82, 2.24) is 20.6 Å². The van der Waals surface area contributed by atoms with Crippen LogP contribution in [-0.4, -0.2) is 45.6 Å². The van der Waals surface area contributed by atoms with Gasteiger partial charge in [0.05, 0.1) is 23.3 Å². The van der Waals surface area contributed by atoms with Crippen LogP contribution < -0.4 is 20.1 Å². The number of halogens is 1. The zero-order valence-corrected chi connectivity index (χ0v) is 19.7. The highest BCUT2D eigenvalue weighted by Crippen LogP contribution is 2.32. The molecule has 0 fully saturated rings. The molecule has 1 aromatic heterocycles. The predicted octanol–water partition coefficient (Wildman–Crippen LogP) is 3.12. The normalized spacial score (nSPS) is 11.9. The Hall–Kier alpha value is -3.69. The molecule has 1 heterocycles. The molecule has 2 aromatic carbocycles. The lowest BCUT2D eigenvalue weighted by Gasteiger charge is -2.29. The first kappa shape index (κ1) is 24.9. The average molecular weight is 485 g/mol. The Bertz CT molecular complexity index is 1130. The number of hydrogen-bond donors (Lipinski definition) is 3. The Balaban J connectivity index is 1.60. The Kier molecular flexibility index (Phi) is 8.04. The topological polar surface area (TPSA) is 123 Å². The predicted molar refractivity (Wildman–Crippen MR) is 126 cm³/mol. The number of nitrogens with zero attached hydrogens (tertiary/aromatic N) is 2. The van der Waals surface area contributed by atoms with Crippen LogP contribution in [0.1, 0.15) is 29.8 Å². The van der Waals surface area contributed by atoms with Crippen molar-refractivity contribution in [1.29, 1.82) is 0 Å². The van der Waals surface area contributed by atoms with Gasteiger partial charge in [-0.25, -0.2) is 9.97 Å². The molecule has 0 aliphatic carbocycles. The highest BCUT2D eigenvalue weighted by molar-refractivity contribution is 6.32. The number of nitrogens with one attached hydrogen (secondary N) is 2. The number of ether oxygens (including phenoxy) is 2. The Morgan fingerprint density at radius 3 is 2.32 bits per heavy atom. The summed E-state index contributed by atoms with van der Waals surface area (Å²) in [5.74, 6) is 0.565. The van der Waals surface area contributed by atoms with E-state index in [0.29, 0.717) is 22.3 Å². The molecule has 0 unspecified atom stereocenters. The second-order valence-electron chi connectivity index (χ2n) is 7.95. The summed E-state index contributed by atoms with van der Waals surface area (Å²) in [6.07, 6.45) is 3.94. The fourth-order valence-corrected chi connectivity index (χ4v) is 3.19. The van der Waals surface area contributed by atoms with Crippen LogP contribution in [0.2, 0.25) is 5.02 Å². The lowest BCUT2D eigenvalue weighted by atomic mass is 9.97. The van der Waals surface area contributed by atoms with Crippen LogP contribution in [0.5, 0.6) is 17.2 Å². The van der Waals surface area contributed by atoms with Crippen LogP contribution in [0.4, 0.5) is 0 Å². The summed E-state index contributed by atoms with van der Waals surface area (Å²) in [6, 6.07) is 11.0. The maximum atomic E-state index is 12.8. The van der Waals surface area contributed by atoms with Gasteiger partial charge < -0.3 is 25.2 Å². The van der Waals surface area contributed by atoms with Gasteiger partial charge in [-0.1, -0.05) is 23.7 Å². The lowest BCUT2D eigenvalue weighted by Crippen LogP contribution is -2.57. The van der Waals surface area contributed by atoms with Crippen molar-refractivity contribution >= 4 is 23.4 Å². The zero-order chi connectivity index (χ0) is 24.7. The van der Waals surface area contributed by atoms with Gasteiger partial charge in [-0.3, -0.25) is 9.59 Å². The van der Waals surface area contributed by atoms with Crippen molar-refractivity contribution in [3.05, 3.63) is 77.3 Å². The highest BCUT2D eigenvalue weighted by atomic mass is 35.5. The van der Waals surface area contributed by atoms with Gasteiger partial charge in [-0.15, -0.1) is 0 Å². The molecule has 0 radical (unpaired) electrons. The number of carbonyl (C=O) groups excluding carboxylic acids is 2. The second-order valence-corrected chi connectivity index (χ2v) is 8.35. The Morgan fingerprint density at radius 1 is 1.09 bits per heavy atom. The number of amides is 2. The first-order valence-electron chi connectivity index (χ1n) is 10.3. The molecule has 9 nitrogen and oxygen atoms in total. The fourth-order valence-electron chi connectivity index (χ4n) is 2.98. The van der Waals surface area contributed by atoms with Crippen molar-refractivity contribution in [3.8, 4) is 17.2 Å². The van der Waals surface area contributed by atoms with Crippen LogP contribution in [0, 0.1) is 0 Å². The number of methoxy groups -OCH3 is 1. The molecule has 0 saturated heterocycles. The molecule has 10 heteroatoms. The van der Waals surface area contributed by atoms with E-state index in [-0.39, 0.29) is 12.1 Å². The largest absolute Gasteiger partial charge is 0.497 e. The third-order valence-electron chi connectivity index (χ3n) is 4.82. The van der Waals surface area contributed by atoms with E-state index in [0.717, 1.165) is 5.56 Å². The lowest BCUT2D eigenvalue weighted by molar-refractivity contribution is -0.128. The van der Waals surface area contributed by atoms with Crippen molar-refractivity contribution < 1.29 is 24.2 Å². The van der Waals surface area contributed by atoms with Crippen molar-refractivity contribution in [2.45, 2.75) is 32.0 Å². The molecule has 3 aromatic rings. The Labute approximate surface area is 202 Å². The number of rotatable bonds is 9. The van der Waals surface area contributed by atoms with Crippen LogP contribution in [0.25, 0.3) is 0 Å². The van der Waals surface area contributed by atoms with E-state index in [1.165, 1.54) is 32.6 Å². The Morgan fingerprint density at radius 2 is 1.74 bits per heavy atom. The SMILES string of the molecule is COc1ccc(Oc2ccc(CNC(=O)[C@@H](NC(=O)c3cncnc3)C(C)(C)O)cc2)c(Cl)c1. The maximum Gasteiger partial charge on any atom is 0.255 e. The van der Waals surface area contributed by atoms with Crippen LogP contribution in [0.15, 0.2) is 61.2 Å². The summed E-state index contributed by atoms with van der Waals surface area (Å²) in [5.41, 5.74) is -0.541. The summed E-state index contributed by atoms with van der Waals surface area (Å²) >= 11 is 6.21.